The fourth-order valence-corrected chi connectivity index (χ4v) is 3.29. The van der Waals surface area contributed by atoms with Crippen LogP contribution in [0.15, 0.2) is 0 Å². The number of hydrogen-bond donors (Lipinski definition) is 0. The van der Waals surface area contributed by atoms with Crippen LogP contribution in [0.1, 0.15) is 20.3 Å². The molecule has 1 heterocycles. The lowest BCUT2D eigenvalue weighted by Gasteiger charge is -2.28. The predicted octanol–water partition coefficient (Wildman–Crippen LogP) is 0.692. The topological polar surface area (TPSA) is 46.6 Å². The Bertz CT molecular complexity index is 281. The van der Waals surface area contributed by atoms with Crippen molar-refractivity contribution in [1.82, 2.24) is 4.90 Å². The summed E-state index contributed by atoms with van der Waals surface area (Å²) in [7, 11) is -1.56. The molecule has 1 aliphatic heterocycles. The molecule has 15 heavy (non-hydrogen) atoms. The van der Waals surface area contributed by atoms with Crippen molar-refractivity contribution in [1.29, 1.82) is 0 Å². The molecule has 0 spiro atoms. The van der Waals surface area contributed by atoms with Gasteiger partial charge >= 0.3 is 0 Å². The van der Waals surface area contributed by atoms with Crippen LogP contribution in [-0.4, -0.2) is 50.7 Å². The van der Waals surface area contributed by atoms with E-state index in [1.165, 1.54) is 0 Å². The summed E-state index contributed by atoms with van der Waals surface area (Å²) in [6, 6.07) is 0. The van der Waals surface area contributed by atoms with Gasteiger partial charge in [0.1, 0.15) is 5.37 Å². The SMILES string of the molecule is COC[C@@H](N1C[CH]CC1)S(=O)(=O)C(C)C. The van der Waals surface area contributed by atoms with Crippen molar-refractivity contribution in [2.45, 2.75) is 30.9 Å². The van der Waals surface area contributed by atoms with E-state index in [0.717, 1.165) is 19.5 Å². The quantitative estimate of drug-likeness (QED) is 0.702. The van der Waals surface area contributed by atoms with Gasteiger partial charge in [0.25, 0.3) is 0 Å². The fraction of sp³-hybridized carbons (Fsp3) is 0.900. The van der Waals surface area contributed by atoms with E-state index in [-0.39, 0.29) is 11.9 Å². The zero-order valence-corrected chi connectivity index (χ0v) is 10.5. The van der Waals surface area contributed by atoms with Gasteiger partial charge in [-0.05, 0) is 33.2 Å². The van der Waals surface area contributed by atoms with Crippen molar-refractivity contribution in [3.05, 3.63) is 6.42 Å². The second-order valence-corrected chi connectivity index (χ2v) is 6.79. The molecule has 0 aliphatic carbocycles. The van der Waals surface area contributed by atoms with E-state index in [2.05, 4.69) is 6.42 Å². The first-order valence-corrected chi connectivity index (χ1v) is 6.88. The Kier molecular flexibility index (Phi) is 4.55. The summed E-state index contributed by atoms with van der Waals surface area (Å²) in [6.45, 7) is 5.27. The highest BCUT2D eigenvalue weighted by atomic mass is 32.2. The standard InChI is InChI=1S/C10H20NO3S/c1-9(2)15(12,13)10(8-14-3)11-6-4-5-7-11/h4,9-10H,5-8H2,1-3H3/t10-/m0/s1. The van der Waals surface area contributed by atoms with Crippen molar-refractivity contribution in [3.8, 4) is 0 Å². The predicted molar refractivity (Wildman–Crippen MR) is 60.2 cm³/mol. The highest BCUT2D eigenvalue weighted by Gasteiger charge is 2.34. The first-order chi connectivity index (χ1) is 7.00. The van der Waals surface area contributed by atoms with Crippen LogP contribution in [0, 0.1) is 6.42 Å². The van der Waals surface area contributed by atoms with Crippen LogP contribution in [0.25, 0.3) is 0 Å². The van der Waals surface area contributed by atoms with E-state index < -0.39 is 15.2 Å². The molecule has 1 aliphatic rings. The zero-order valence-electron chi connectivity index (χ0n) is 9.64. The molecular weight excluding hydrogens is 214 g/mol. The third-order valence-corrected chi connectivity index (χ3v) is 5.24. The van der Waals surface area contributed by atoms with Crippen LogP contribution in [0.2, 0.25) is 0 Å². The maximum absolute atomic E-state index is 12.1. The highest BCUT2D eigenvalue weighted by molar-refractivity contribution is 7.92. The highest BCUT2D eigenvalue weighted by Crippen LogP contribution is 2.19. The van der Waals surface area contributed by atoms with Crippen molar-refractivity contribution >= 4 is 9.84 Å². The molecule has 0 aromatic heterocycles. The molecule has 0 saturated carbocycles. The van der Waals surface area contributed by atoms with Crippen LogP contribution in [-0.2, 0) is 14.6 Å². The Hall–Kier alpha value is -0.130. The summed E-state index contributed by atoms with van der Waals surface area (Å²) in [5, 5.41) is -0.834. The van der Waals surface area contributed by atoms with Gasteiger partial charge in [-0.1, -0.05) is 0 Å². The lowest BCUT2D eigenvalue weighted by Crippen LogP contribution is -2.45. The van der Waals surface area contributed by atoms with Gasteiger partial charge in [-0.3, -0.25) is 4.90 Å². The summed E-state index contributed by atoms with van der Waals surface area (Å²) in [5.41, 5.74) is 0. The van der Waals surface area contributed by atoms with Crippen molar-refractivity contribution in [2.24, 2.45) is 0 Å². The zero-order chi connectivity index (χ0) is 11.5. The second-order valence-electron chi connectivity index (χ2n) is 4.12. The Labute approximate surface area is 92.5 Å². The van der Waals surface area contributed by atoms with Crippen LogP contribution in [0.3, 0.4) is 0 Å². The smallest absolute Gasteiger partial charge is 0.170 e. The molecule has 0 bridgehead atoms. The number of methoxy groups -OCH3 is 1. The summed E-state index contributed by atoms with van der Waals surface area (Å²) in [4.78, 5) is 1.97. The number of nitrogens with zero attached hydrogens (tertiary/aromatic N) is 1. The molecule has 1 saturated heterocycles. The largest absolute Gasteiger partial charge is 0.382 e. The Balaban J connectivity index is 2.81. The number of ether oxygens (including phenoxy) is 1. The van der Waals surface area contributed by atoms with Crippen LogP contribution in [0.5, 0.6) is 0 Å². The van der Waals surface area contributed by atoms with Crippen molar-refractivity contribution < 1.29 is 13.2 Å². The molecule has 1 rings (SSSR count). The Morgan fingerprint density at radius 1 is 1.47 bits per heavy atom. The maximum atomic E-state index is 12.1. The molecule has 0 amide bonds. The normalized spacial score (nSPS) is 21.1. The minimum absolute atomic E-state index is 0.258. The van der Waals surface area contributed by atoms with E-state index >= 15 is 0 Å². The van der Waals surface area contributed by atoms with E-state index in [1.54, 1.807) is 21.0 Å². The molecule has 1 fully saturated rings. The summed E-state index contributed by atoms with van der Waals surface area (Å²) in [5.74, 6) is 0. The van der Waals surface area contributed by atoms with Crippen LogP contribution < -0.4 is 0 Å². The Morgan fingerprint density at radius 2 is 2.13 bits per heavy atom. The second kappa shape index (κ2) is 5.27. The number of hydrogen-bond acceptors (Lipinski definition) is 4. The third-order valence-electron chi connectivity index (χ3n) is 2.74. The molecular formula is C10H20NO3S. The van der Waals surface area contributed by atoms with Gasteiger partial charge in [-0.2, -0.15) is 0 Å². The lowest BCUT2D eigenvalue weighted by atomic mass is 10.4. The number of sulfone groups is 1. The molecule has 5 heteroatoms. The van der Waals surface area contributed by atoms with Gasteiger partial charge < -0.3 is 4.74 Å². The average molecular weight is 234 g/mol. The van der Waals surface area contributed by atoms with E-state index in [9.17, 15) is 8.42 Å². The minimum atomic E-state index is -3.10. The van der Waals surface area contributed by atoms with E-state index in [4.69, 9.17) is 4.74 Å². The summed E-state index contributed by atoms with van der Waals surface area (Å²) in [6.07, 6.45) is 3.08. The molecule has 0 N–H and O–H groups in total. The van der Waals surface area contributed by atoms with Crippen molar-refractivity contribution in [3.63, 3.8) is 0 Å². The first kappa shape index (κ1) is 12.9. The van der Waals surface area contributed by atoms with E-state index in [0.29, 0.717) is 0 Å². The number of rotatable bonds is 5. The lowest BCUT2D eigenvalue weighted by molar-refractivity contribution is 0.142. The van der Waals surface area contributed by atoms with Gasteiger partial charge in [-0.15, -0.1) is 0 Å². The van der Waals surface area contributed by atoms with Crippen LogP contribution >= 0.6 is 0 Å². The Morgan fingerprint density at radius 3 is 2.53 bits per heavy atom. The van der Waals surface area contributed by atoms with E-state index in [1.807, 2.05) is 4.90 Å². The van der Waals surface area contributed by atoms with Crippen LogP contribution in [0.4, 0.5) is 0 Å². The van der Waals surface area contributed by atoms with Gasteiger partial charge in [0.05, 0.1) is 11.9 Å². The number of likely N-dealkylation sites (tertiary alicyclic amines) is 1. The molecule has 0 aromatic carbocycles. The van der Waals surface area contributed by atoms with Gasteiger partial charge in [0, 0.05) is 13.7 Å². The minimum Gasteiger partial charge on any atom is -0.382 e. The molecule has 1 atom stereocenters. The molecule has 0 unspecified atom stereocenters. The summed E-state index contributed by atoms with van der Waals surface area (Å²) < 4.78 is 29.2. The molecule has 0 aromatic rings. The van der Waals surface area contributed by atoms with Gasteiger partial charge in [0.2, 0.25) is 0 Å². The fourth-order valence-electron chi connectivity index (χ4n) is 1.73. The first-order valence-electron chi connectivity index (χ1n) is 5.27. The van der Waals surface area contributed by atoms with Gasteiger partial charge in [0.15, 0.2) is 9.84 Å². The van der Waals surface area contributed by atoms with Crippen molar-refractivity contribution in [2.75, 3.05) is 26.8 Å². The maximum Gasteiger partial charge on any atom is 0.170 e. The third kappa shape index (κ3) is 2.92. The molecule has 4 nitrogen and oxygen atoms in total. The molecule has 1 radical (unpaired) electrons. The van der Waals surface area contributed by atoms with Gasteiger partial charge in [-0.25, -0.2) is 8.42 Å². The monoisotopic (exact) mass is 234 g/mol. The molecule has 89 valence electrons. The average Bonchev–Trinajstić information content (AvgIpc) is 2.66. The summed E-state index contributed by atoms with van der Waals surface area (Å²) >= 11 is 0.